The molecule has 1 aromatic carbocycles. The number of rotatable bonds is 2. The Morgan fingerprint density at radius 3 is 2.82 bits per heavy atom. The van der Waals surface area contributed by atoms with Crippen LogP contribution in [-0.2, 0) is 6.54 Å². The first-order valence-corrected chi connectivity index (χ1v) is 4.28. The van der Waals surface area contributed by atoms with E-state index in [9.17, 15) is 0 Å². The number of halogens is 2. The summed E-state index contributed by atoms with van der Waals surface area (Å²) in [7, 11) is 0. The smallest absolute Gasteiger partial charge is 0.0462 e. The molecule has 0 saturated heterocycles. The molecule has 60 valence electrons. The lowest BCUT2D eigenvalue weighted by molar-refractivity contribution is 0.741. The molecule has 4 heteroatoms. The van der Waals surface area contributed by atoms with Crippen LogP contribution < -0.4 is 11.3 Å². The summed E-state index contributed by atoms with van der Waals surface area (Å²) in [4.78, 5) is 0. The first-order chi connectivity index (χ1) is 5.24. The molecule has 0 aliphatic rings. The topological polar surface area (TPSA) is 38.0 Å². The summed E-state index contributed by atoms with van der Waals surface area (Å²) in [5.74, 6) is 5.15. The Balaban J connectivity index is 2.90. The number of hydrogen-bond acceptors (Lipinski definition) is 2. The molecule has 1 aromatic rings. The van der Waals surface area contributed by atoms with E-state index >= 15 is 0 Å². The van der Waals surface area contributed by atoms with Crippen LogP contribution in [-0.4, -0.2) is 0 Å². The quantitative estimate of drug-likeness (QED) is 0.608. The highest BCUT2D eigenvalue weighted by Crippen LogP contribution is 2.20. The maximum Gasteiger partial charge on any atom is 0.0462 e. The fraction of sp³-hybridized carbons (Fsp3) is 0.143. The van der Waals surface area contributed by atoms with Crippen molar-refractivity contribution in [1.82, 2.24) is 5.43 Å². The number of nitrogens with two attached hydrogens (primary N) is 1. The lowest BCUT2D eigenvalue weighted by atomic mass is 10.2. The van der Waals surface area contributed by atoms with Crippen LogP contribution in [0.1, 0.15) is 5.56 Å². The van der Waals surface area contributed by atoms with E-state index in [4.69, 9.17) is 17.4 Å². The molecule has 0 unspecified atom stereocenters. The van der Waals surface area contributed by atoms with E-state index in [0.717, 1.165) is 15.1 Å². The summed E-state index contributed by atoms with van der Waals surface area (Å²) in [6.45, 7) is 0.589. The second kappa shape index (κ2) is 4.07. The average molecular weight is 236 g/mol. The fourth-order valence-corrected chi connectivity index (χ4v) is 1.52. The predicted molar refractivity (Wildman–Crippen MR) is 50.2 cm³/mol. The lowest BCUT2D eigenvalue weighted by Crippen LogP contribution is -2.20. The Morgan fingerprint density at radius 1 is 1.55 bits per heavy atom. The normalized spacial score (nSPS) is 10.1. The second-order valence-corrected chi connectivity index (χ2v) is 3.44. The molecule has 0 heterocycles. The van der Waals surface area contributed by atoms with Gasteiger partial charge in [-0.3, -0.25) is 11.3 Å². The van der Waals surface area contributed by atoms with Crippen LogP contribution in [0.25, 0.3) is 0 Å². The van der Waals surface area contributed by atoms with Crippen LogP contribution >= 0.6 is 27.5 Å². The molecule has 0 aliphatic carbocycles. The summed E-state index contributed by atoms with van der Waals surface area (Å²) in [5.41, 5.74) is 3.54. The highest BCUT2D eigenvalue weighted by molar-refractivity contribution is 9.10. The fourth-order valence-electron chi connectivity index (χ4n) is 0.775. The summed E-state index contributed by atoms with van der Waals surface area (Å²) >= 11 is 9.19. The lowest BCUT2D eigenvalue weighted by Gasteiger charge is -2.02. The molecule has 11 heavy (non-hydrogen) atoms. The average Bonchev–Trinajstić information content (AvgIpc) is 1.95. The van der Waals surface area contributed by atoms with Gasteiger partial charge >= 0.3 is 0 Å². The van der Waals surface area contributed by atoms with Gasteiger partial charge < -0.3 is 0 Å². The zero-order chi connectivity index (χ0) is 8.27. The number of benzene rings is 1. The molecule has 0 bridgehead atoms. The van der Waals surface area contributed by atoms with E-state index < -0.39 is 0 Å². The van der Waals surface area contributed by atoms with Gasteiger partial charge in [0.15, 0.2) is 0 Å². The Hall–Kier alpha value is -0.0900. The van der Waals surface area contributed by atoms with Crippen LogP contribution in [0.4, 0.5) is 0 Å². The van der Waals surface area contributed by atoms with Crippen molar-refractivity contribution in [3.05, 3.63) is 33.3 Å². The summed E-state index contributed by atoms with van der Waals surface area (Å²) in [6.07, 6.45) is 0. The van der Waals surface area contributed by atoms with Crippen molar-refractivity contribution in [3.63, 3.8) is 0 Å². The highest BCUT2D eigenvalue weighted by atomic mass is 79.9. The molecule has 0 spiro atoms. The van der Waals surface area contributed by atoms with Gasteiger partial charge in [0.25, 0.3) is 0 Å². The Bertz CT molecular complexity index is 252. The molecule has 0 aliphatic heterocycles. The standard InChI is InChI=1S/C7H8BrClN2/c8-6-2-1-5(4-11-10)7(9)3-6/h1-3,11H,4,10H2. The van der Waals surface area contributed by atoms with Gasteiger partial charge in [-0.1, -0.05) is 33.6 Å². The first kappa shape index (κ1) is 9.00. The molecular weight excluding hydrogens is 227 g/mol. The molecule has 0 saturated carbocycles. The van der Waals surface area contributed by atoms with Crippen LogP contribution in [0, 0.1) is 0 Å². The van der Waals surface area contributed by atoms with Crippen molar-refractivity contribution in [2.75, 3.05) is 0 Å². The van der Waals surface area contributed by atoms with Crippen molar-refractivity contribution in [1.29, 1.82) is 0 Å². The van der Waals surface area contributed by atoms with Gasteiger partial charge in [-0.2, -0.15) is 0 Å². The number of hydrogen-bond donors (Lipinski definition) is 2. The number of hydrazine groups is 1. The van der Waals surface area contributed by atoms with Crippen molar-refractivity contribution in [2.24, 2.45) is 5.84 Å². The Labute approximate surface area is 78.8 Å². The second-order valence-electron chi connectivity index (χ2n) is 2.12. The predicted octanol–water partition coefficient (Wildman–Crippen LogP) is 2.07. The van der Waals surface area contributed by atoms with Gasteiger partial charge in [0.05, 0.1) is 0 Å². The summed E-state index contributed by atoms with van der Waals surface area (Å²) in [6, 6.07) is 5.69. The first-order valence-electron chi connectivity index (χ1n) is 3.11. The minimum Gasteiger partial charge on any atom is -0.271 e. The molecule has 0 fully saturated rings. The maximum absolute atomic E-state index is 5.88. The zero-order valence-corrected chi connectivity index (χ0v) is 8.11. The number of nitrogens with one attached hydrogen (secondary N) is 1. The van der Waals surface area contributed by atoms with Crippen molar-refractivity contribution >= 4 is 27.5 Å². The van der Waals surface area contributed by atoms with Crippen LogP contribution in [0.5, 0.6) is 0 Å². The minimum absolute atomic E-state index is 0.589. The van der Waals surface area contributed by atoms with Gasteiger partial charge in [0, 0.05) is 16.0 Å². The highest BCUT2D eigenvalue weighted by Gasteiger charge is 1.98. The van der Waals surface area contributed by atoms with Crippen molar-refractivity contribution < 1.29 is 0 Å². The third-order valence-corrected chi connectivity index (χ3v) is 2.15. The molecule has 0 amide bonds. The monoisotopic (exact) mass is 234 g/mol. The van der Waals surface area contributed by atoms with Gasteiger partial charge in [0.2, 0.25) is 0 Å². The third kappa shape index (κ3) is 2.45. The Morgan fingerprint density at radius 2 is 2.27 bits per heavy atom. The molecular formula is C7H8BrClN2. The third-order valence-electron chi connectivity index (χ3n) is 1.31. The van der Waals surface area contributed by atoms with Gasteiger partial charge in [-0.05, 0) is 17.7 Å². The molecule has 0 radical (unpaired) electrons. The van der Waals surface area contributed by atoms with Gasteiger partial charge in [-0.15, -0.1) is 0 Å². The van der Waals surface area contributed by atoms with Crippen LogP contribution in [0.15, 0.2) is 22.7 Å². The SMILES string of the molecule is NNCc1ccc(Br)cc1Cl. The molecule has 0 atom stereocenters. The van der Waals surface area contributed by atoms with E-state index in [1.165, 1.54) is 0 Å². The molecule has 0 aromatic heterocycles. The maximum atomic E-state index is 5.88. The van der Waals surface area contributed by atoms with E-state index in [1.807, 2.05) is 18.2 Å². The summed E-state index contributed by atoms with van der Waals surface area (Å²) < 4.78 is 0.975. The molecule has 2 nitrogen and oxygen atoms in total. The largest absolute Gasteiger partial charge is 0.271 e. The van der Waals surface area contributed by atoms with Gasteiger partial charge in [-0.25, -0.2) is 0 Å². The van der Waals surface area contributed by atoms with Crippen molar-refractivity contribution in [3.8, 4) is 0 Å². The molecule has 1 rings (SSSR count). The summed E-state index contributed by atoms with van der Waals surface area (Å²) in [5, 5.41) is 0.720. The van der Waals surface area contributed by atoms with E-state index in [2.05, 4.69) is 21.4 Å². The van der Waals surface area contributed by atoms with E-state index in [1.54, 1.807) is 0 Å². The Kier molecular flexibility index (Phi) is 3.33. The van der Waals surface area contributed by atoms with Crippen LogP contribution in [0.3, 0.4) is 0 Å². The van der Waals surface area contributed by atoms with E-state index in [0.29, 0.717) is 6.54 Å². The van der Waals surface area contributed by atoms with E-state index in [-0.39, 0.29) is 0 Å². The minimum atomic E-state index is 0.589. The van der Waals surface area contributed by atoms with Crippen LogP contribution in [0.2, 0.25) is 5.02 Å². The van der Waals surface area contributed by atoms with Crippen molar-refractivity contribution in [2.45, 2.75) is 6.54 Å². The molecule has 3 N–H and O–H groups in total. The van der Waals surface area contributed by atoms with Gasteiger partial charge in [0.1, 0.15) is 0 Å². The zero-order valence-electron chi connectivity index (χ0n) is 5.77.